The number of benzene rings is 1. The Balaban J connectivity index is 1.12. The zero-order valence-corrected chi connectivity index (χ0v) is 19.5. The lowest BCUT2D eigenvalue weighted by Gasteiger charge is -2.37. The van der Waals surface area contributed by atoms with Crippen molar-refractivity contribution in [3.8, 4) is 5.75 Å². The van der Waals surface area contributed by atoms with Gasteiger partial charge in [-0.3, -0.25) is 14.3 Å². The molecule has 0 bridgehead atoms. The van der Waals surface area contributed by atoms with Crippen LogP contribution < -0.4 is 20.7 Å². The van der Waals surface area contributed by atoms with Crippen LogP contribution in [0, 0.1) is 5.92 Å². The van der Waals surface area contributed by atoms with Crippen LogP contribution in [0.4, 0.5) is 17.5 Å². The number of aromatic nitrogens is 5. The molecule has 3 N–H and O–H groups in total. The SMILES string of the molecule is Cn1cc(Nc2ncc(C3CN(c4nc5ccc(OCC(=O)C6CC6)cc5o4)C3)nc2C(N)=O)cn1. The van der Waals surface area contributed by atoms with Gasteiger partial charge in [-0.25, -0.2) is 9.97 Å². The maximum atomic E-state index is 12.0. The quantitative estimate of drug-likeness (QED) is 0.358. The highest BCUT2D eigenvalue weighted by molar-refractivity contribution is 5.96. The maximum Gasteiger partial charge on any atom is 0.298 e. The molecule has 0 radical (unpaired) electrons. The van der Waals surface area contributed by atoms with Crippen molar-refractivity contribution in [2.24, 2.45) is 18.7 Å². The first kappa shape index (κ1) is 22.0. The summed E-state index contributed by atoms with van der Waals surface area (Å²) in [5.74, 6) is 0.556. The number of ketones is 1. The number of nitrogens with two attached hydrogens (primary N) is 1. The number of Topliss-reactive ketones (excluding diaryl/α,β-unsaturated/α-hetero) is 1. The normalized spacial score (nSPS) is 15.6. The third kappa shape index (κ3) is 4.32. The van der Waals surface area contributed by atoms with Gasteiger partial charge in [0, 0.05) is 44.2 Å². The highest BCUT2D eigenvalue weighted by atomic mass is 16.5. The number of hydrogen-bond acceptors (Lipinski definition) is 10. The Labute approximate surface area is 205 Å². The van der Waals surface area contributed by atoms with Crippen molar-refractivity contribution in [2.45, 2.75) is 18.8 Å². The van der Waals surface area contributed by atoms with Gasteiger partial charge in [-0.1, -0.05) is 0 Å². The van der Waals surface area contributed by atoms with E-state index in [0.29, 0.717) is 47.3 Å². The number of oxazole rings is 1. The first-order valence-electron chi connectivity index (χ1n) is 11.7. The highest BCUT2D eigenvalue weighted by Gasteiger charge is 2.34. The van der Waals surface area contributed by atoms with E-state index in [1.54, 1.807) is 42.5 Å². The smallest absolute Gasteiger partial charge is 0.298 e. The van der Waals surface area contributed by atoms with Crippen molar-refractivity contribution in [3.63, 3.8) is 0 Å². The molecule has 1 aromatic carbocycles. The van der Waals surface area contributed by atoms with Gasteiger partial charge in [0.1, 0.15) is 17.9 Å². The van der Waals surface area contributed by atoms with Crippen molar-refractivity contribution in [1.82, 2.24) is 24.7 Å². The van der Waals surface area contributed by atoms with Crippen LogP contribution in [-0.2, 0) is 11.8 Å². The number of carbonyl (C=O) groups excluding carboxylic acids is 2. The summed E-state index contributed by atoms with van der Waals surface area (Å²) in [7, 11) is 1.79. The van der Waals surface area contributed by atoms with Crippen LogP contribution in [0.5, 0.6) is 5.75 Å². The van der Waals surface area contributed by atoms with E-state index in [-0.39, 0.29) is 35.7 Å². The number of nitrogens with one attached hydrogen (secondary N) is 1. The fraction of sp³-hybridized carbons (Fsp3) is 0.333. The molecule has 1 amide bonds. The first-order valence-corrected chi connectivity index (χ1v) is 11.7. The Morgan fingerprint density at radius 2 is 2.06 bits per heavy atom. The molecule has 0 atom stereocenters. The lowest BCUT2D eigenvalue weighted by Crippen LogP contribution is -2.45. The summed E-state index contributed by atoms with van der Waals surface area (Å²) in [5.41, 5.74) is 8.28. The van der Waals surface area contributed by atoms with E-state index in [4.69, 9.17) is 14.9 Å². The molecule has 12 nitrogen and oxygen atoms in total. The van der Waals surface area contributed by atoms with E-state index < -0.39 is 5.91 Å². The van der Waals surface area contributed by atoms with Gasteiger partial charge in [0.15, 0.2) is 22.9 Å². The maximum absolute atomic E-state index is 12.0. The number of rotatable bonds is 9. The number of aryl methyl sites for hydroxylation is 1. The van der Waals surface area contributed by atoms with Gasteiger partial charge in [0.05, 0.1) is 23.8 Å². The van der Waals surface area contributed by atoms with Gasteiger partial charge in [0.25, 0.3) is 11.9 Å². The number of anilines is 3. The monoisotopic (exact) mass is 488 g/mol. The molecule has 2 fully saturated rings. The zero-order valence-electron chi connectivity index (χ0n) is 19.5. The topological polar surface area (TPSA) is 154 Å². The fourth-order valence-electron chi connectivity index (χ4n) is 4.10. The lowest BCUT2D eigenvalue weighted by atomic mass is 9.97. The minimum absolute atomic E-state index is 0.0467. The fourth-order valence-corrected chi connectivity index (χ4v) is 4.10. The molecule has 1 saturated carbocycles. The van der Waals surface area contributed by atoms with Crippen molar-refractivity contribution in [1.29, 1.82) is 0 Å². The van der Waals surface area contributed by atoms with E-state index in [9.17, 15) is 9.59 Å². The Kier molecular flexibility index (Phi) is 5.28. The number of nitrogens with zero attached hydrogens (tertiary/aromatic N) is 6. The van der Waals surface area contributed by atoms with E-state index in [2.05, 4.69) is 25.4 Å². The molecule has 36 heavy (non-hydrogen) atoms. The second-order valence-corrected chi connectivity index (χ2v) is 9.14. The van der Waals surface area contributed by atoms with Crippen molar-refractivity contribution in [3.05, 3.63) is 48.2 Å². The number of carbonyl (C=O) groups is 2. The average molecular weight is 489 g/mol. The molecule has 0 spiro atoms. The third-order valence-electron chi connectivity index (χ3n) is 6.32. The molecule has 3 aromatic heterocycles. The Morgan fingerprint density at radius 3 is 2.78 bits per heavy atom. The van der Waals surface area contributed by atoms with Crippen LogP contribution in [0.25, 0.3) is 11.1 Å². The molecule has 6 rings (SSSR count). The number of primary amides is 1. The van der Waals surface area contributed by atoms with Crippen molar-refractivity contribution < 1.29 is 18.7 Å². The molecule has 4 aromatic rings. The first-order chi connectivity index (χ1) is 17.4. The van der Waals surface area contributed by atoms with E-state index in [1.807, 2.05) is 11.0 Å². The molecular weight excluding hydrogens is 464 g/mol. The Bertz CT molecular complexity index is 1470. The summed E-state index contributed by atoms with van der Waals surface area (Å²) >= 11 is 0. The van der Waals surface area contributed by atoms with Crippen LogP contribution in [-0.4, -0.2) is 56.1 Å². The molecule has 1 saturated heterocycles. The summed E-state index contributed by atoms with van der Waals surface area (Å²) in [6, 6.07) is 5.85. The molecule has 184 valence electrons. The molecule has 1 aliphatic carbocycles. The van der Waals surface area contributed by atoms with Gasteiger partial charge in [-0.15, -0.1) is 0 Å². The second-order valence-electron chi connectivity index (χ2n) is 9.14. The van der Waals surface area contributed by atoms with Gasteiger partial charge in [-0.05, 0) is 25.0 Å². The Morgan fingerprint density at radius 1 is 1.22 bits per heavy atom. The van der Waals surface area contributed by atoms with Gasteiger partial charge in [-0.2, -0.15) is 10.1 Å². The number of hydrogen-bond donors (Lipinski definition) is 2. The predicted octanol–water partition coefficient (Wildman–Crippen LogP) is 2.16. The van der Waals surface area contributed by atoms with Crippen molar-refractivity contribution in [2.75, 3.05) is 29.9 Å². The largest absolute Gasteiger partial charge is 0.486 e. The third-order valence-corrected chi connectivity index (χ3v) is 6.32. The molecular formula is C24H24N8O4. The second kappa shape index (κ2) is 8.63. The summed E-state index contributed by atoms with van der Waals surface area (Å²) < 4.78 is 13.2. The van der Waals surface area contributed by atoms with Gasteiger partial charge < -0.3 is 25.1 Å². The standard InChI is InChI=1S/C24H24N8O4/c1-31-11-15(7-27-31)28-23-21(22(25)34)29-18(8-26-23)14-9-32(10-14)24-30-17-5-4-16(6-20(17)36-24)35-12-19(33)13-2-3-13/h4-8,11,13-14H,2-3,9-10,12H2,1H3,(H2,25,34)(H,26,28). The van der Waals surface area contributed by atoms with Crippen LogP contribution in [0.3, 0.4) is 0 Å². The van der Waals surface area contributed by atoms with E-state index >= 15 is 0 Å². The zero-order chi connectivity index (χ0) is 24.8. The van der Waals surface area contributed by atoms with Crippen molar-refractivity contribution >= 4 is 40.3 Å². The number of ether oxygens (including phenoxy) is 1. The number of amides is 1. The summed E-state index contributed by atoms with van der Waals surface area (Å²) in [5, 5.41) is 7.12. The molecule has 0 unspecified atom stereocenters. The van der Waals surface area contributed by atoms with Gasteiger partial charge in [0.2, 0.25) is 0 Å². The summed E-state index contributed by atoms with van der Waals surface area (Å²) in [6.45, 7) is 1.29. The van der Waals surface area contributed by atoms with E-state index in [1.165, 1.54) is 0 Å². The molecule has 2 aliphatic rings. The predicted molar refractivity (Wildman–Crippen MR) is 129 cm³/mol. The summed E-state index contributed by atoms with van der Waals surface area (Å²) in [4.78, 5) is 39.3. The van der Waals surface area contributed by atoms with Crippen LogP contribution in [0.15, 0.2) is 41.2 Å². The average Bonchev–Trinajstić information content (AvgIpc) is 3.48. The Hall–Kier alpha value is -4.48. The minimum Gasteiger partial charge on any atom is -0.486 e. The molecule has 4 heterocycles. The lowest BCUT2D eigenvalue weighted by molar-refractivity contribution is -0.122. The molecule has 12 heteroatoms. The van der Waals surface area contributed by atoms with Crippen LogP contribution >= 0.6 is 0 Å². The molecule has 1 aliphatic heterocycles. The summed E-state index contributed by atoms with van der Waals surface area (Å²) in [6.07, 6.45) is 6.95. The van der Waals surface area contributed by atoms with Gasteiger partial charge >= 0.3 is 0 Å². The minimum atomic E-state index is -0.664. The van der Waals surface area contributed by atoms with Crippen LogP contribution in [0.1, 0.15) is 34.9 Å². The number of fused-ring (bicyclic) bond motifs is 1. The highest BCUT2D eigenvalue weighted by Crippen LogP contribution is 2.34. The van der Waals surface area contributed by atoms with Crippen LogP contribution in [0.2, 0.25) is 0 Å². The van der Waals surface area contributed by atoms with E-state index in [0.717, 1.165) is 12.8 Å².